The number of ether oxygens (including phenoxy) is 2. The Morgan fingerprint density at radius 3 is 2.47 bits per heavy atom. The van der Waals surface area contributed by atoms with Gasteiger partial charge in [-0.3, -0.25) is 9.59 Å². The number of hydrogen-bond donors (Lipinski definition) is 1. The molecule has 2 aliphatic heterocycles. The summed E-state index contributed by atoms with van der Waals surface area (Å²) in [5, 5.41) is 2.81. The molecule has 6 nitrogen and oxygen atoms in total. The lowest BCUT2D eigenvalue weighted by atomic mass is 9.88. The van der Waals surface area contributed by atoms with Crippen LogP contribution in [0, 0.1) is 5.41 Å². The summed E-state index contributed by atoms with van der Waals surface area (Å²) < 4.78 is 10.5. The zero-order chi connectivity index (χ0) is 13.9. The Morgan fingerprint density at radius 1 is 1.21 bits per heavy atom. The minimum absolute atomic E-state index is 0.0424. The van der Waals surface area contributed by atoms with Crippen LogP contribution in [0.25, 0.3) is 0 Å². The highest BCUT2D eigenvalue weighted by Crippen LogP contribution is 2.27. The molecule has 2 saturated heterocycles. The third-order valence-corrected chi connectivity index (χ3v) is 3.81. The number of morpholine rings is 1. The van der Waals surface area contributed by atoms with E-state index in [1.807, 2.05) is 6.92 Å². The molecular formula is C13H22N2O4. The van der Waals surface area contributed by atoms with Gasteiger partial charge in [0.2, 0.25) is 11.8 Å². The molecule has 2 heterocycles. The number of nitrogens with one attached hydrogen (secondary N) is 1. The fraction of sp³-hybridized carbons (Fsp3) is 0.846. The van der Waals surface area contributed by atoms with E-state index in [1.54, 1.807) is 11.8 Å². The van der Waals surface area contributed by atoms with Gasteiger partial charge in [0.15, 0.2) is 0 Å². The topological polar surface area (TPSA) is 67.9 Å². The van der Waals surface area contributed by atoms with E-state index in [2.05, 4.69) is 5.32 Å². The molecule has 0 unspecified atom stereocenters. The molecule has 1 N–H and O–H groups in total. The number of carbonyl (C=O) groups is 2. The lowest BCUT2D eigenvalue weighted by Crippen LogP contribution is -2.53. The Morgan fingerprint density at radius 2 is 1.89 bits per heavy atom. The first-order chi connectivity index (χ1) is 9.03. The average molecular weight is 270 g/mol. The van der Waals surface area contributed by atoms with Crippen LogP contribution >= 0.6 is 0 Å². The highest BCUT2D eigenvalue weighted by molar-refractivity contribution is 5.90. The Labute approximate surface area is 113 Å². The van der Waals surface area contributed by atoms with Crippen LogP contribution < -0.4 is 5.32 Å². The number of amides is 2. The monoisotopic (exact) mass is 270 g/mol. The van der Waals surface area contributed by atoms with E-state index in [0.29, 0.717) is 45.9 Å². The summed E-state index contributed by atoms with van der Waals surface area (Å²) in [5.74, 6) is -0.140. The Hall–Kier alpha value is -1.14. The first-order valence-corrected chi connectivity index (χ1v) is 6.78. The molecule has 0 spiro atoms. The average Bonchev–Trinajstić information content (AvgIpc) is 2.87. The van der Waals surface area contributed by atoms with E-state index in [-0.39, 0.29) is 11.8 Å². The zero-order valence-corrected chi connectivity index (χ0v) is 11.6. The van der Waals surface area contributed by atoms with Gasteiger partial charge in [-0.1, -0.05) is 0 Å². The highest BCUT2D eigenvalue weighted by atomic mass is 16.5. The van der Waals surface area contributed by atoms with Crippen molar-refractivity contribution < 1.29 is 19.1 Å². The van der Waals surface area contributed by atoms with Crippen molar-refractivity contribution >= 4 is 11.8 Å². The van der Waals surface area contributed by atoms with Gasteiger partial charge in [0.25, 0.3) is 0 Å². The second-order valence-corrected chi connectivity index (χ2v) is 5.50. The second-order valence-electron chi connectivity index (χ2n) is 5.50. The van der Waals surface area contributed by atoms with Gasteiger partial charge in [0.05, 0.1) is 25.2 Å². The van der Waals surface area contributed by atoms with Crippen LogP contribution in [-0.2, 0) is 19.1 Å². The molecule has 0 saturated carbocycles. The Balaban J connectivity index is 1.87. The predicted octanol–water partition coefficient (Wildman–Crippen LogP) is -0.223. The van der Waals surface area contributed by atoms with Crippen LogP contribution in [-0.4, -0.2) is 62.3 Å². The van der Waals surface area contributed by atoms with Gasteiger partial charge in [-0.2, -0.15) is 0 Å². The summed E-state index contributed by atoms with van der Waals surface area (Å²) in [6.45, 7) is 6.97. The molecule has 2 aliphatic rings. The smallest absolute Gasteiger partial charge is 0.245 e. The van der Waals surface area contributed by atoms with E-state index in [4.69, 9.17) is 9.47 Å². The number of nitrogens with zero attached hydrogens (tertiary/aromatic N) is 1. The fourth-order valence-corrected chi connectivity index (χ4v) is 2.34. The number of rotatable bonds is 3. The number of hydrogen-bond acceptors (Lipinski definition) is 4. The summed E-state index contributed by atoms with van der Waals surface area (Å²) in [6, 6.07) is -0.497. The SMILES string of the molecule is C[C@H](NC(=O)[C@]1(C)CCOC1)C(=O)N1CCOCC1. The lowest BCUT2D eigenvalue weighted by Gasteiger charge is -2.30. The molecule has 0 radical (unpaired) electrons. The van der Waals surface area contributed by atoms with Crippen molar-refractivity contribution in [2.75, 3.05) is 39.5 Å². The fourth-order valence-electron chi connectivity index (χ4n) is 2.34. The molecule has 19 heavy (non-hydrogen) atoms. The van der Waals surface area contributed by atoms with E-state index in [9.17, 15) is 9.59 Å². The number of carbonyl (C=O) groups excluding carboxylic acids is 2. The molecule has 2 rings (SSSR count). The molecule has 0 aromatic rings. The molecule has 2 amide bonds. The van der Waals surface area contributed by atoms with Crippen molar-refractivity contribution in [3.63, 3.8) is 0 Å². The van der Waals surface area contributed by atoms with Crippen molar-refractivity contribution in [2.45, 2.75) is 26.3 Å². The van der Waals surface area contributed by atoms with Crippen LogP contribution in [0.5, 0.6) is 0 Å². The summed E-state index contributed by atoms with van der Waals surface area (Å²) in [4.78, 5) is 26.1. The summed E-state index contributed by atoms with van der Waals surface area (Å²) >= 11 is 0. The molecule has 2 atom stereocenters. The standard InChI is InChI=1S/C13H22N2O4/c1-10(11(16)15-4-7-18-8-5-15)14-12(17)13(2)3-6-19-9-13/h10H,3-9H2,1-2H3,(H,14,17)/t10-,13+/m0/s1. The minimum Gasteiger partial charge on any atom is -0.380 e. The van der Waals surface area contributed by atoms with Crippen molar-refractivity contribution in [3.8, 4) is 0 Å². The van der Waals surface area contributed by atoms with E-state index in [0.717, 1.165) is 0 Å². The van der Waals surface area contributed by atoms with Crippen LogP contribution in [0.4, 0.5) is 0 Å². The maximum absolute atomic E-state index is 12.2. The van der Waals surface area contributed by atoms with Crippen molar-refractivity contribution in [2.24, 2.45) is 5.41 Å². The zero-order valence-electron chi connectivity index (χ0n) is 11.6. The van der Waals surface area contributed by atoms with Crippen LogP contribution in [0.3, 0.4) is 0 Å². The maximum atomic E-state index is 12.2. The van der Waals surface area contributed by atoms with Gasteiger partial charge in [0, 0.05) is 19.7 Å². The van der Waals surface area contributed by atoms with Gasteiger partial charge in [-0.05, 0) is 20.3 Å². The highest BCUT2D eigenvalue weighted by Gasteiger charge is 2.38. The predicted molar refractivity (Wildman–Crippen MR) is 68.5 cm³/mol. The molecule has 6 heteroatoms. The Bertz CT molecular complexity index is 347. The second kappa shape index (κ2) is 5.88. The molecule has 0 aliphatic carbocycles. The maximum Gasteiger partial charge on any atom is 0.245 e. The third-order valence-electron chi connectivity index (χ3n) is 3.81. The molecule has 108 valence electrons. The van der Waals surface area contributed by atoms with Crippen molar-refractivity contribution in [1.82, 2.24) is 10.2 Å². The minimum atomic E-state index is -0.500. The van der Waals surface area contributed by atoms with Gasteiger partial charge in [-0.25, -0.2) is 0 Å². The van der Waals surface area contributed by atoms with E-state index < -0.39 is 11.5 Å². The van der Waals surface area contributed by atoms with Gasteiger partial charge >= 0.3 is 0 Å². The van der Waals surface area contributed by atoms with Crippen LogP contribution in [0.2, 0.25) is 0 Å². The van der Waals surface area contributed by atoms with E-state index in [1.165, 1.54) is 0 Å². The molecule has 0 aromatic carbocycles. The molecular weight excluding hydrogens is 248 g/mol. The molecule has 2 fully saturated rings. The Kier molecular flexibility index (Phi) is 4.42. The normalized spacial score (nSPS) is 29.1. The first kappa shape index (κ1) is 14.3. The van der Waals surface area contributed by atoms with Gasteiger partial charge in [0.1, 0.15) is 6.04 Å². The third kappa shape index (κ3) is 3.25. The molecule has 0 bridgehead atoms. The summed E-state index contributed by atoms with van der Waals surface area (Å²) in [7, 11) is 0. The lowest BCUT2D eigenvalue weighted by molar-refractivity contribution is -0.141. The quantitative estimate of drug-likeness (QED) is 0.769. The van der Waals surface area contributed by atoms with Crippen LogP contribution in [0.1, 0.15) is 20.3 Å². The first-order valence-electron chi connectivity index (χ1n) is 6.78. The van der Waals surface area contributed by atoms with Crippen LogP contribution in [0.15, 0.2) is 0 Å². The largest absolute Gasteiger partial charge is 0.380 e. The van der Waals surface area contributed by atoms with E-state index >= 15 is 0 Å². The van der Waals surface area contributed by atoms with Crippen molar-refractivity contribution in [1.29, 1.82) is 0 Å². The molecule has 0 aromatic heterocycles. The van der Waals surface area contributed by atoms with Gasteiger partial charge in [-0.15, -0.1) is 0 Å². The van der Waals surface area contributed by atoms with Gasteiger partial charge < -0.3 is 19.7 Å². The van der Waals surface area contributed by atoms with Crippen molar-refractivity contribution in [3.05, 3.63) is 0 Å². The summed E-state index contributed by atoms with van der Waals surface area (Å²) in [5.41, 5.74) is -0.500. The summed E-state index contributed by atoms with van der Waals surface area (Å²) in [6.07, 6.45) is 0.706.